The van der Waals surface area contributed by atoms with E-state index in [4.69, 9.17) is 21.1 Å². The van der Waals surface area contributed by atoms with Crippen LogP contribution in [0.5, 0.6) is 11.5 Å². The smallest absolute Gasteiger partial charge is 0.242 e. The van der Waals surface area contributed by atoms with E-state index in [1.165, 1.54) is 7.11 Å². The number of benzene rings is 1. The van der Waals surface area contributed by atoms with Crippen LogP contribution in [0.25, 0.3) is 0 Å². The van der Waals surface area contributed by atoms with Gasteiger partial charge in [-0.25, -0.2) is 0 Å². The maximum absolute atomic E-state index is 12.0. The third-order valence-electron chi connectivity index (χ3n) is 3.07. The van der Waals surface area contributed by atoms with Crippen LogP contribution in [0.3, 0.4) is 0 Å². The van der Waals surface area contributed by atoms with Crippen LogP contribution in [0.2, 0.25) is 5.02 Å². The summed E-state index contributed by atoms with van der Waals surface area (Å²) in [6.45, 7) is 4.55. The molecule has 6 heteroatoms. The molecule has 0 bridgehead atoms. The molecule has 0 radical (unpaired) electrons. The maximum atomic E-state index is 12.0. The van der Waals surface area contributed by atoms with Crippen LogP contribution in [0.4, 0.5) is 5.69 Å². The van der Waals surface area contributed by atoms with Gasteiger partial charge in [0.25, 0.3) is 0 Å². The predicted octanol–water partition coefficient (Wildman–Crippen LogP) is 3.07. The van der Waals surface area contributed by atoms with Crippen molar-refractivity contribution in [1.29, 1.82) is 0 Å². The first-order chi connectivity index (χ1) is 10.0. The van der Waals surface area contributed by atoms with Gasteiger partial charge in [0.05, 0.1) is 24.9 Å². The van der Waals surface area contributed by atoms with Crippen LogP contribution in [-0.4, -0.2) is 32.7 Å². The fourth-order valence-corrected chi connectivity index (χ4v) is 2.05. The summed E-state index contributed by atoms with van der Waals surface area (Å²) in [7, 11) is 3.09. The summed E-state index contributed by atoms with van der Waals surface area (Å²) in [5.41, 5.74) is 0.654. The summed E-state index contributed by atoms with van der Waals surface area (Å²) in [6.07, 6.45) is 2.01. The van der Waals surface area contributed by atoms with E-state index >= 15 is 0 Å². The SMILES string of the molecule is CCCCNC(=O)C(C)Nc1cc(Cl)c(OC)cc1OC. The molecule has 0 aromatic heterocycles. The molecule has 1 amide bonds. The third-order valence-corrected chi connectivity index (χ3v) is 3.36. The largest absolute Gasteiger partial charge is 0.495 e. The fraction of sp³-hybridized carbons (Fsp3) is 0.533. The Bertz CT molecular complexity index is 480. The molecule has 1 unspecified atom stereocenters. The molecule has 0 aliphatic rings. The average Bonchev–Trinajstić information content (AvgIpc) is 2.47. The number of carbonyl (C=O) groups excluding carboxylic acids is 1. The number of carbonyl (C=O) groups is 1. The molecule has 21 heavy (non-hydrogen) atoms. The summed E-state index contributed by atoms with van der Waals surface area (Å²) in [6, 6.07) is 2.99. The molecule has 5 nitrogen and oxygen atoms in total. The van der Waals surface area contributed by atoms with Gasteiger partial charge in [0, 0.05) is 12.6 Å². The van der Waals surface area contributed by atoms with Crippen LogP contribution < -0.4 is 20.1 Å². The molecule has 0 aliphatic heterocycles. The van der Waals surface area contributed by atoms with Crippen molar-refractivity contribution in [2.45, 2.75) is 32.7 Å². The van der Waals surface area contributed by atoms with Gasteiger partial charge >= 0.3 is 0 Å². The first-order valence-corrected chi connectivity index (χ1v) is 7.37. The summed E-state index contributed by atoms with van der Waals surface area (Å²) >= 11 is 6.10. The van der Waals surface area contributed by atoms with Gasteiger partial charge in [-0.15, -0.1) is 0 Å². The molecule has 0 saturated carbocycles. The van der Waals surface area contributed by atoms with Crippen molar-refractivity contribution in [3.63, 3.8) is 0 Å². The quantitative estimate of drug-likeness (QED) is 0.724. The van der Waals surface area contributed by atoms with Gasteiger partial charge in [0.15, 0.2) is 0 Å². The average molecular weight is 315 g/mol. The van der Waals surface area contributed by atoms with Crippen molar-refractivity contribution in [2.75, 3.05) is 26.1 Å². The number of nitrogens with one attached hydrogen (secondary N) is 2. The molecule has 1 atom stereocenters. The molecule has 0 heterocycles. The van der Waals surface area contributed by atoms with E-state index in [0.717, 1.165) is 12.8 Å². The van der Waals surface area contributed by atoms with Crippen molar-refractivity contribution in [3.05, 3.63) is 17.2 Å². The Morgan fingerprint density at radius 1 is 1.29 bits per heavy atom. The molecular formula is C15H23ClN2O3. The summed E-state index contributed by atoms with van der Waals surface area (Å²) in [5.74, 6) is 1.04. The van der Waals surface area contributed by atoms with Gasteiger partial charge in [-0.3, -0.25) is 4.79 Å². The van der Waals surface area contributed by atoms with E-state index in [1.54, 1.807) is 26.2 Å². The van der Waals surface area contributed by atoms with E-state index in [2.05, 4.69) is 17.6 Å². The highest BCUT2D eigenvalue weighted by Crippen LogP contribution is 2.36. The highest BCUT2D eigenvalue weighted by atomic mass is 35.5. The van der Waals surface area contributed by atoms with E-state index < -0.39 is 0 Å². The van der Waals surface area contributed by atoms with Crippen molar-refractivity contribution < 1.29 is 14.3 Å². The Labute approximate surface area is 131 Å². The molecule has 1 rings (SSSR count). The van der Waals surface area contributed by atoms with Gasteiger partial charge in [-0.1, -0.05) is 24.9 Å². The molecule has 0 aliphatic carbocycles. The van der Waals surface area contributed by atoms with Crippen molar-refractivity contribution >= 4 is 23.2 Å². The lowest BCUT2D eigenvalue weighted by Crippen LogP contribution is -2.38. The zero-order chi connectivity index (χ0) is 15.8. The lowest BCUT2D eigenvalue weighted by Gasteiger charge is -2.18. The number of anilines is 1. The molecule has 118 valence electrons. The minimum absolute atomic E-state index is 0.0579. The number of ether oxygens (including phenoxy) is 2. The van der Waals surface area contributed by atoms with Gasteiger partial charge in [-0.2, -0.15) is 0 Å². The second-order valence-corrected chi connectivity index (χ2v) is 5.10. The highest BCUT2D eigenvalue weighted by molar-refractivity contribution is 6.32. The first kappa shape index (κ1) is 17.4. The zero-order valence-electron chi connectivity index (χ0n) is 13.0. The van der Waals surface area contributed by atoms with Crippen LogP contribution in [0.1, 0.15) is 26.7 Å². The normalized spacial score (nSPS) is 11.7. The topological polar surface area (TPSA) is 59.6 Å². The summed E-state index contributed by atoms with van der Waals surface area (Å²) < 4.78 is 10.4. The standard InChI is InChI=1S/C15H23ClN2O3/c1-5-6-7-17-15(19)10(2)18-12-8-11(16)13(20-3)9-14(12)21-4/h8-10,18H,5-7H2,1-4H3,(H,17,19). The molecule has 0 spiro atoms. The van der Waals surface area contributed by atoms with E-state index in [0.29, 0.717) is 28.8 Å². The van der Waals surface area contributed by atoms with Crippen LogP contribution in [-0.2, 0) is 4.79 Å². The van der Waals surface area contributed by atoms with Crippen LogP contribution >= 0.6 is 11.6 Å². The van der Waals surface area contributed by atoms with Gasteiger partial charge < -0.3 is 20.1 Å². The number of amides is 1. The van der Waals surface area contributed by atoms with Crippen molar-refractivity contribution in [3.8, 4) is 11.5 Å². The van der Waals surface area contributed by atoms with Gasteiger partial charge in [-0.05, 0) is 19.4 Å². The van der Waals surface area contributed by atoms with Crippen LogP contribution in [0, 0.1) is 0 Å². The Morgan fingerprint density at radius 2 is 1.95 bits per heavy atom. The highest BCUT2D eigenvalue weighted by Gasteiger charge is 2.16. The van der Waals surface area contributed by atoms with Crippen LogP contribution in [0.15, 0.2) is 12.1 Å². The zero-order valence-corrected chi connectivity index (χ0v) is 13.7. The Kier molecular flexibility index (Phi) is 7.15. The number of rotatable bonds is 8. The van der Waals surface area contributed by atoms with Crippen molar-refractivity contribution in [2.24, 2.45) is 0 Å². The number of hydrogen-bond donors (Lipinski definition) is 2. The third kappa shape index (κ3) is 5.01. The minimum Gasteiger partial charge on any atom is -0.495 e. The van der Waals surface area contributed by atoms with E-state index in [1.807, 2.05) is 0 Å². The first-order valence-electron chi connectivity index (χ1n) is 6.99. The fourth-order valence-electron chi connectivity index (χ4n) is 1.81. The maximum Gasteiger partial charge on any atom is 0.242 e. The number of hydrogen-bond acceptors (Lipinski definition) is 4. The second-order valence-electron chi connectivity index (χ2n) is 4.70. The number of unbranched alkanes of at least 4 members (excludes halogenated alkanes) is 1. The summed E-state index contributed by atoms with van der Waals surface area (Å²) in [5, 5.41) is 6.44. The summed E-state index contributed by atoms with van der Waals surface area (Å²) in [4.78, 5) is 12.0. The Hall–Kier alpha value is -1.62. The molecule has 2 N–H and O–H groups in total. The van der Waals surface area contributed by atoms with E-state index in [9.17, 15) is 4.79 Å². The van der Waals surface area contributed by atoms with E-state index in [-0.39, 0.29) is 11.9 Å². The van der Waals surface area contributed by atoms with Crippen molar-refractivity contribution in [1.82, 2.24) is 5.32 Å². The molecule has 0 saturated heterocycles. The number of halogens is 1. The lowest BCUT2D eigenvalue weighted by molar-refractivity contribution is -0.121. The minimum atomic E-state index is -0.389. The van der Waals surface area contributed by atoms with Gasteiger partial charge in [0.1, 0.15) is 17.5 Å². The second kappa shape index (κ2) is 8.62. The monoisotopic (exact) mass is 314 g/mol. The molecular weight excluding hydrogens is 292 g/mol. The Morgan fingerprint density at radius 3 is 2.52 bits per heavy atom. The molecule has 1 aromatic carbocycles. The predicted molar refractivity (Wildman–Crippen MR) is 85.6 cm³/mol. The Balaban J connectivity index is 2.77. The van der Waals surface area contributed by atoms with Gasteiger partial charge in [0.2, 0.25) is 5.91 Å². The molecule has 1 aromatic rings. The lowest BCUT2D eigenvalue weighted by atomic mass is 10.2. The molecule has 0 fully saturated rings. The number of methoxy groups -OCH3 is 2.